The number of nitrogens with two attached hydrogens (primary N) is 2. The van der Waals surface area contributed by atoms with Crippen molar-refractivity contribution in [2.75, 3.05) is 26.2 Å². The van der Waals surface area contributed by atoms with Crippen LogP contribution in [0, 0.1) is 10.8 Å². The molecule has 3 aliphatic heterocycles. The highest BCUT2D eigenvalue weighted by molar-refractivity contribution is 6.00. The lowest BCUT2D eigenvalue weighted by atomic mass is 9.95. The second-order valence-corrected chi connectivity index (χ2v) is 26.1. The molecular formula is C74H88N16O14. The number of hydrogen-bond acceptors (Lipinski definition) is 14. The minimum absolute atomic E-state index is 0.0445. The first-order valence-corrected chi connectivity index (χ1v) is 34.6. The quantitative estimate of drug-likeness (QED) is 0.0330. The number of nitrogens with zero attached hydrogens (tertiary/aromatic N) is 2. The zero-order chi connectivity index (χ0) is 74.4. The smallest absolute Gasteiger partial charge is 0.305 e. The number of carboxylic acid groups (broad SMARTS) is 2. The van der Waals surface area contributed by atoms with E-state index < -0.39 is 157 Å². The molecule has 0 aromatic heterocycles. The van der Waals surface area contributed by atoms with Crippen molar-refractivity contribution in [2.45, 2.75) is 150 Å². The van der Waals surface area contributed by atoms with Crippen molar-refractivity contribution in [3.63, 3.8) is 0 Å². The van der Waals surface area contributed by atoms with E-state index in [9.17, 15) is 48.6 Å². The second kappa shape index (κ2) is 36.6. The summed E-state index contributed by atoms with van der Waals surface area (Å²) in [5, 5.41) is 65.7. The van der Waals surface area contributed by atoms with Crippen LogP contribution < -0.4 is 64.6 Å². The number of nitrogens with one attached hydrogen (secondary N) is 12. The summed E-state index contributed by atoms with van der Waals surface area (Å²) < 4.78 is 0. The van der Waals surface area contributed by atoms with Crippen LogP contribution in [0.25, 0.3) is 21.5 Å². The maximum atomic E-state index is 15.2. The van der Waals surface area contributed by atoms with Crippen LogP contribution in [0.15, 0.2) is 146 Å². The summed E-state index contributed by atoms with van der Waals surface area (Å²) in [6.45, 7) is 0.366. The van der Waals surface area contributed by atoms with Crippen LogP contribution in [0.5, 0.6) is 0 Å². The number of hydrogen-bond donors (Lipinski definition) is 16. The molecule has 0 unspecified atom stereocenters. The number of aliphatic carboxylic acids is 2. The van der Waals surface area contributed by atoms with Gasteiger partial charge in [-0.2, -0.15) is 0 Å². The summed E-state index contributed by atoms with van der Waals surface area (Å²) >= 11 is 0. The molecule has 0 spiro atoms. The van der Waals surface area contributed by atoms with Gasteiger partial charge < -0.3 is 84.6 Å². The lowest BCUT2D eigenvalue weighted by Crippen LogP contribution is -2.59. The third kappa shape index (κ3) is 21.1. The van der Waals surface area contributed by atoms with Crippen molar-refractivity contribution in [3.05, 3.63) is 168 Å². The number of rotatable bonds is 18. The van der Waals surface area contributed by atoms with Gasteiger partial charge in [-0.25, -0.2) is 0 Å². The van der Waals surface area contributed by atoms with Crippen molar-refractivity contribution in [1.29, 1.82) is 10.8 Å². The molecule has 3 saturated heterocycles. The van der Waals surface area contributed by atoms with E-state index in [4.69, 9.17) is 22.3 Å². The Labute approximate surface area is 599 Å². The van der Waals surface area contributed by atoms with E-state index in [1.54, 1.807) is 121 Å². The number of guanidine groups is 2. The molecular weight excluding hydrogens is 1340 g/mol. The van der Waals surface area contributed by atoms with E-state index >= 15 is 19.2 Å². The fourth-order valence-electron chi connectivity index (χ4n) is 13.5. The zero-order valence-electron chi connectivity index (χ0n) is 57.2. The van der Waals surface area contributed by atoms with Crippen LogP contribution >= 0.6 is 0 Å². The Morgan fingerprint density at radius 3 is 1.28 bits per heavy atom. The molecule has 0 saturated carbocycles. The van der Waals surface area contributed by atoms with E-state index in [-0.39, 0.29) is 89.5 Å². The number of benzene rings is 6. The van der Waals surface area contributed by atoms with Crippen molar-refractivity contribution in [3.8, 4) is 0 Å². The predicted molar refractivity (Wildman–Crippen MR) is 383 cm³/mol. The lowest BCUT2D eigenvalue weighted by molar-refractivity contribution is -0.148. The van der Waals surface area contributed by atoms with E-state index in [2.05, 4.69) is 53.2 Å². The maximum absolute atomic E-state index is 15.2. The Balaban J connectivity index is 1.12. The Kier molecular flexibility index (Phi) is 26.8. The van der Waals surface area contributed by atoms with Gasteiger partial charge >= 0.3 is 11.9 Å². The van der Waals surface area contributed by atoms with Gasteiger partial charge in [0, 0.05) is 39.0 Å². The monoisotopic (exact) mass is 1420 g/mol. The molecule has 3 heterocycles. The van der Waals surface area contributed by atoms with Crippen LogP contribution in [0.3, 0.4) is 0 Å². The lowest BCUT2D eigenvalue weighted by Gasteiger charge is -2.33. The molecule has 9 rings (SSSR count). The maximum Gasteiger partial charge on any atom is 0.305 e. The van der Waals surface area contributed by atoms with E-state index in [0.29, 0.717) is 56.6 Å². The molecule has 0 aliphatic carbocycles. The molecule has 548 valence electrons. The molecule has 3 aliphatic rings. The first-order chi connectivity index (χ1) is 50.0. The molecule has 0 bridgehead atoms. The fraction of sp³-hybridized carbons (Fsp3) is 0.378. The minimum atomic E-state index is -2.05. The van der Waals surface area contributed by atoms with Crippen LogP contribution in [-0.2, 0) is 70.4 Å². The van der Waals surface area contributed by atoms with Gasteiger partial charge in [-0.3, -0.25) is 68.4 Å². The van der Waals surface area contributed by atoms with Gasteiger partial charge in [-0.15, -0.1) is 0 Å². The van der Waals surface area contributed by atoms with Crippen LogP contribution in [0.4, 0.5) is 0 Å². The number of carbonyl (C=O) groups excluding carboxylic acids is 10. The number of carbonyl (C=O) groups is 12. The number of amides is 10. The summed E-state index contributed by atoms with van der Waals surface area (Å²) in [6.07, 6.45) is -2.63. The molecule has 0 radical (unpaired) electrons. The second-order valence-electron chi connectivity index (χ2n) is 26.1. The zero-order valence-corrected chi connectivity index (χ0v) is 57.2. The van der Waals surface area contributed by atoms with Crippen LogP contribution in [0.2, 0.25) is 0 Å². The van der Waals surface area contributed by atoms with E-state index in [1.165, 1.54) is 9.80 Å². The highest BCUT2D eigenvalue weighted by Gasteiger charge is 2.45. The normalized spacial score (nSPS) is 23.2. The van der Waals surface area contributed by atoms with Gasteiger partial charge in [0.15, 0.2) is 11.9 Å². The Morgan fingerprint density at radius 1 is 0.423 bits per heavy atom. The summed E-state index contributed by atoms with van der Waals surface area (Å²) in [7, 11) is 0. The summed E-state index contributed by atoms with van der Waals surface area (Å²) in [6, 6.07) is 26.6. The van der Waals surface area contributed by atoms with Gasteiger partial charge in [-0.05, 0) is 95.2 Å². The van der Waals surface area contributed by atoms with Crippen LogP contribution in [0.1, 0.15) is 111 Å². The first kappa shape index (κ1) is 76.2. The van der Waals surface area contributed by atoms with Gasteiger partial charge in [0.05, 0.1) is 37.8 Å². The topological polar surface area (TPSA) is 472 Å². The first-order valence-electron chi connectivity index (χ1n) is 34.6. The highest BCUT2D eigenvalue weighted by atomic mass is 16.4. The van der Waals surface area contributed by atoms with Crippen molar-refractivity contribution in [1.82, 2.24) is 63.0 Å². The van der Waals surface area contributed by atoms with Gasteiger partial charge in [-0.1, -0.05) is 146 Å². The van der Waals surface area contributed by atoms with Crippen molar-refractivity contribution >= 4 is 104 Å². The number of carboxylic acids is 2. The summed E-state index contributed by atoms with van der Waals surface area (Å²) in [5.41, 5.74) is 13.1. The third-order valence-corrected chi connectivity index (χ3v) is 18.6. The van der Waals surface area contributed by atoms with Gasteiger partial charge in [0.1, 0.15) is 48.3 Å². The van der Waals surface area contributed by atoms with Gasteiger partial charge in [0.25, 0.3) is 0 Å². The number of fused-ring (bicyclic) bond motifs is 4. The molecule has 18 N–H and O–H groups in total. The molecule has 6 aromatic carbocycles. The molecule has 6 aromatic rings. The molecule has 30 nitrogen and oxygen atoms in total. The van der Waals surface area contributed by atoms with Crippen LogP contribution in [-0.4, -0.2) is 177 Å². The van der Waals surface area contributed by atoms with E-state index in [0.717, 1.165) is 0 Å². The molecule has 30 heteroatoms. The molecule has 3 fully saturated rings. The average Bonchev–Trinajstić information content (AvgIpc) is 1.38. The Hall–Kier alpha value is -12.0. The third-order valence-electron chi connectivity index (χ3n) is 18.6. The highest BCUT2D eigenvalue weighted by Crippen LogP contribution is 2.31. The van der Waals surface area contributed by atoms with Gasteiger partial charge in [0.2, 0.25) is 59.1 Å². The Bertz CT molecular complexity index is 4150. The SMILES string of the molecule is N=C(N)NCCC[C@@H]1NC(=O)[C@H]2CCCN2C(=O)[C@@H]2CCCN2C(=O)[C@H](CCCNC(=N)N)NC(=O)C[C@H](c2cccc3ccccc23)NC(=O)[C@H](Cc2ccccc2)NC(=O)[C@H](CC(=O)O)NC(=O)[C@H](CC(=O)O)NC(=O)[C@H](Cc2ccccc2)NC(=O)C[C@H](c2cccc3ccccc23)NC1=O. The minimum Gasteiger partial charge on any atom is -0.481 e. The Morgan fingerprint density at radius 2 is 0.798 bits per heavy atom. The van der Waals surface area contributed by atoms with Crippen molar-refractivity contribution < 1.29 is 67.7 Å². The largest absolute Gasteiger partial charge is 0.481 e. The molecule has 104 heavy (non-hydrogen) atoms. The summed E-state index contributed by atoms with van der Waals surface area (Å²) in [4.78, 5) is 178. The predicted octanol–water partition coefficient (Wildman–Crippen LogP) is 1.65. The van der Waals surface area contributed by atoms with E-state index in [1.807, 2.05) is 24.3 Å². The molecule has 10 atom stereocenters. The fourth-order valence-corrected chi connectivity index (χ4v) is 13.5. The average molecular weight is 1430 g/mol. The summed E-state index contributed by atoms with van der Waals surface area (Å²) in [5.74, 6) is -12.8. The standard InChI is InChI=1S/C74H88N16O14/c75-73(76)79-33-13-29-51-65(97)84-53(49-27-11-23-45-21-7-9-25-47(45)49)40-62(92)82-55(37-43-17-3-1-4-18-43)66(98)87-58(42-64(95)96)69(101)88-57(41-63(93)94)68(100)86-56(38-44-19-5-2-6-20-44)67(99)85-54(50-28-12-24-46-22-8-10-26-48(46)50)39-61(91)81-52(30-14-34-80-74(77)78)71(103)90-36-16-32-60(90)72(104)89-35-15-31-59(89)70(102)83-51/h1-12,17-28,51-60H,13-16,29-42H2,(H,81,91)(H,82,92)(H,83,102)(H,84,97)(H,85,99)(H,86,100)(H,87,98)(H,88,101)(H,93,94)(H,95,96)(H4,75,76,79)(H4,77,78,80)/t51-,52-,53+,54+,55-,56-,57-,58-,59+,60-/m0/s1. The van der Waals surface area contributed by atoms with Crippen molar-refractivity contribution in [2.24, 2.45) is 11.5 Å². The molecule has 10 amide bonds.